The van der Waals surface area contributed by atoms with Gasteiger partial charge in [-0.1, -0.05) is 0 Å². The topological polar surface area (TPSA) is 87.0 Å². The van der Waals surface area contributed by atoms with Crippen molar-refractivity contribution in [1.29, 1.82) is 0 Å². The molecule has 0 bridgehead atoms. The number of nitrogens with zero attached hydrogens (tertiary/aromatic N) is 3. The molecule has 0 atom stereocenters. The van der Waals surface area contributed by atoms with E-state index in [0.717, 1.165) is 17.8 Å². The number of amides is 1. The summed E-state index contributed by atoms with van der Waals surface area (Å²) in [4.78, 5) is 12.6. The molecule has 1 N–H and O–H groups in total. The molecule has 1 aromatic carbocycles. The lowest BCUT2D eigenvalue weighted by Crippen LogP contribution is -2.18. The molecule has 0 radical (unpaired) electrons. The molecule has 1 amide bonds. The molecule has 0 saturated heterocycles. The Morgan fingerprint density at radius 2 is 1.71 bits per heavy atom. The maximum Gasteiger partial charge on any atom is 0.271 e. The number of hydrogen-bond donors (Lipinski definition) is 1. The van der Waals surface area contributed by atoms with E-state index in [4.69, 9.17) is 14.2 Å². The van der Waals surface area contributed by atoms with Crippen molar-refractivity contribution in [3.8, 4) is 17.2 Å². The van der Waals surface area contributed by atoms with Crippen LogP contribution in [-0.2, 0) is 6.54 Å². The Labute approximate surface area is 165 Å². The van der Waals surface area contributed by atoms with Gasteiger partial charge in [-0.05, 0) is 46.8 Å². The fourth-order valence-electron chi connectivity index (χ4n) is 2.57. The van der Waals surface area contributed by atoms with Crippen LogP contribution in [0, 0.1) is 6.92 Å². The Kier molecular flexibility index (Phi) is 7.86. The average Bonchev–Trinajstić information content (AvgIpc) is 3.04. The van der Waals surface area contributed by atoms with Crippen molar-refractivity contribution < 1.29 is 19.0 Å². The Hall–Kier alpha value is -3.03. The van der Waals surface area contributed by atoms with Crippen molar-refractivity contribution in [3.05, 3.63) is 35.2 Å². The number of carbonyl (C=O) groups excluding carboxylic acids is 1. The van der Waals surface area contributed by atoms with Gasteiger partial charge in [0.1, 0.15) is 0 Å². The van der Waals surface area contributed by atoms with Gasteiger partial charge in [-0.2, -0.15) is 10.2 Å². The summed E-state index contributed by atoms with van der Waals surface area (Å²) < 4.78 is 18.7. The monoisotopic (exact) mass is 388 g/mol. The van der Waals surface area contributed by atoms with Crippen LogP contribution in [0.15, 0.2) is 23.4 Å². The van der Waals surface area contributed by atoms with Crippen LogP contribution in [0.2, 0.25) is 0 Å². The van der Waals surface area contributed by atoms with E-state index in [1.165, 1.54) is 0 Å². The van der Waals surface area contributed by atoms with Gasteiger partial charge in [0.05, 0.1) is 31.7 Å². The summed E-state index contributed by atoms with van der Waals surface area (Å²) in [6, 6.07) is 3.25. The van der Waals surface area contributed by atoms with Gasteiger partial charge in [-0.15, -0.1) is 0 Å². The molecule has 2 rings (SSSR count). The molecular weight excluding hydrogens is 360 g/mol. The molecule has 28 heavy (non-hydrogen) atoms. The summed E-state index contributed by atoms with van der Waals surface area (Å²) in [5.74, 6) is 1.05. The fourth-order valence-corrected chi connectivity index (χ4v) is 2.57. The second-order valence-electron chi connectivity index (χ2n) is 5.83. The zero-order valence-electron chi connectivity index (χ0n) is 17.1. The molecule has 152 valence electrons. The molecule has 1 heterocycles. The van der Waals surface area contributed by atoms with Crippen LogP contribution in [0.3, 0.4) is 0 Å². The Morgan fingerprint density at radius 1 is 1.11 bits per heavy atom. The van der Waals surface area contributed by atoms with Crippen molar-refractivity contribution in [2.24, 2.45) is 5.10 Å². The van der Waals surface area contributed by atoms with E-state index >= 15 is 0 Å². The number of nitrogens with one attached hydrogen (secondary N) is 1. The van der Waals surface area contributed by atoms with Crippen LogP contribution >= 0.6 is 0 Å². The number of benzene rings is 1. The van der Waals surface area contributed by atoms with Crippen molar-refractivity contribution in [1.82, 2.24) is 15.2 Å². The summed E-state index contributed by atoms with van der Waals surface area (Å²) in [7, 11) is 0. The third kappa shape index (κ3) is 5.25. The first-order valence-corrected chi connectivity index (χ1v) is 9.47. The number of hydrogen-bond acceptors (Lipinski definition) is 6. The number of aryl methyl sites for hydroxylation is 2. The first kappa shape index (κ1) is 21.3. The first-order chi connectivity index (χ1) is 13.5. The van der Waals surface area contributed by atoms with E-state index in [9.17, 15) is 4.79 Å². The van der Waals surface area contributed by atoms with Gasteiger partial charge in [0, 0.05) is 23.9 Å². The van der Waals surface area contributed by atoms with Gasteiger partial charge < -0.3 is 14.2 Å². The Balaban J connectivity index is 2.23. The van der Waals surface area contributed by atoms with Crippen LogP contribution < -0.4 is 19.6 Å². The van der Waals surface area contributed by atoms with E-state index in [1.54, 1.807) is 18.3 Å². The third-order valence-corrected chi connectivity index (χ3v) is 3.85. The smallest absolute Gasteiger partial charge is 0.271 e. The predicted molar refractivity (Wildman–Crippen MR) is 108 cm³/mol. The fraction of sp³-hybridized carbons (Fsp3) is 0.450. The highest BCUT2D eigenvalue weighted by molar-refractivity contribution is 5.96. The highest BCUT2D eigenvalue weighted by Crippen LogP contribution is 2.39. The maximum atomic E-state index is 12.6. The maximum absolute atomic E-state index is 12.6. The second-order valence-corrected chi connectivity index (χ2v) is 5.83. The van der Waals surface area contributed by atoms with Crippen LogP contribution in [0.1, 0.15) is 49.3 Å². The minimum absolute atomic E-state index is 0.369. The zero-order chi connectivity index (χ0) is 20.5. The predicted octanol–water partition coefficient (Wildman–Crippen LogP) is 3.17. The Bertz CT molecular complexity index is 803. The molecule has 0 fully saturated rings. The number of rotatable bonds is 10. The SMILES string of the molecule is CCOc1cc(C(=O)N/N=C/c2cn(CC)nc2C)cc(OCC)c1OCC. The van der Waals surface area contributed by atoms with Gasteiger partial charge in [-0.3, -0.25) is 9.48 Å². The van der Waals surface area contributed by atoms with Gasteiger partial charge >= 0.3 is 0 Å². The summed E-state index contributed by atoms with van der Waals surface area (Å²) in [6.07, 6.45) is 3.45. The quantitative estimate of drug-likeness (QED) is 0.499. The molecule has 8 nitrogen and oxygen atoms in total. The molecule has 8 heteroatoms. The summed E-state index contributed by atoms with van der Waals surface area (Å²) in [5.41, 5.74) is 4.59. The lowest BCUT2D eigenvalue weighted by atomic mass is 10.1. The number of hydrazone groups is 1. The van der Waals surface area contributed by atoms with Gasteiger partial charge in [0.25, 0.3) is 5.91 Å². The van der Waals surface area contributed by atoms with Crippen molar-refractivity contribution in [2.45, 2.75) is 41.2 Å². The van der Waals surface area contributed by atoms with Crippen LogP contribution in [0.4, 0.5) is 0 Å². The van der Waals surface area contributed by atoms with Crippen molar-refractivity contribution in [2.75, 3.05) is 19.8 Å². The minimum Gasteiger partial charge on any atom is -0.490 e. The molecule has 0 aliphatic carbocycles. The number of carbonyl (C=O) groups is 1. The second kappa shape index (κ2) is 10.3. The van der Waals surface area contributed by atoms with E-state index in [0.29, 0.717) is 42.6 Å². The zero-order valence-corrected chi connectivity index (χ0v) is 17.1. The lowest BCUT2D eigenvalue weighted by molar-refractivity contribution is 0.0954. The standard InChI is InChI=1S/C20H28N4O4/c1-6-24-13-16(14(5)23-24)12-21-22-20(25)15-10-17(26-7-2)19(28-9-4)18(11-15)27-8-3/h10-13H,6-9H2,1-5H3,(H,22,25)/b21-12+. The van der Waals surface area contributed by atoms with E-state index < -0.39 is 0 Å². The average molecular weight is 388 g/mol. The molecule has 0 aliphatic heterocycles. The molecule has 0 unspecified atom stereocenters. The summed E-state index contributed by atoms with van der Waals surface area (Å²) in [6.45, 7) is 11.6. The highest BCUT2D eigenvalue weighted by atomic mass is 16.5. The van der Waals surface area contributed by atoms with Crippen LogP contribution in [-0.4, -0.2) is 41.7 Å². The van der Waals surface area contributed by atoms with Gasteiger partial charge in [0.2, 0.25) is 5.75 Å². The van der Waals surface area contributed by atoms with Crippen LogP contribution in [0.5, 0.6) is 17.2 Å². The normalized spacial score (nSPS) is 10.9. The lowest BCUT2D eigenvalue weighted by Gasteiger charge is -2.16. The number of aromatic nitrogens is 2. The summed E-state index contributed by atoms with van der Waals surface area (Å²) >= 11 is 0. The molecular formula is C20H28N4O4. The molecule has 1 aromatic heterocycles. The van der Waals surface area contributed by atoms with E-state index in [-0.39, 0.29) is 5.91 Å². The minimum atomic E-state index is -0.373. The van der Waals surface area contributed by atoms with Crippen LogP contribution in [0.25, 0.3) is 0 Å². The molecule has 0 spiro atoms. The molecule has 0 saturated carbocycles. The van der Waals surface area contributed by atoms with Gasteiger partial charge in [0.15, 0.2) is 11.5 Å². The Morgan fingerprint density at radius 3 is 2.21 bits per heavy atom. The van der Waals surface area contributed by atoms with Gasteiger partial charge in [-0.25, -0.2) is 5.43 Å². The first-order valence-electron chi connectivity index (χ1n) is 9.47. The molecule has 2 aromatic rings. The molecule has 0 aliphatic rings. The third-order valence-electron chi connectivity index (χ3n) is 3.85. The van der Waals surface area contributed by atoms with Crippen molar-refractivity contribution >= 4 is 12.1 Å². The number of ether oxygens (including phenoxy) is 3. The highest BCUT2D eigenvalue weighted by Gasteiger charge is 2.18. The largest absolute Gasteiger partial charge is 0.490 e. The van der Waals surface area contributed by atoms with Crippen molar-refractivity contribution in [3.63, 3.8) is 0 Å². The summed E-state index contributed by atoms with van der Waals surface area (Å²) in [5, 5.41) is 8.39. The van der Waals surface area contributed by atoms with E-state index in [1.807, 2.05) is 45.5 Å². The van der Waals surface area contributed by atoms with E-state index in [2.05, 4.69) is 15.6 Å².